The minimum Gasteiger partial charge on any atom is -0.495 e. The van der Waals surface area contributed by atoms with Gasteiger partial charge in [-0.15, -0.1) is 0 Å². The quantitative estimate of drug-likeness (QED) is 0.317. The zero-order valence-electron chi connectivity index (χ0n) is 22.1. The van der Waals surface area contributed by atoms with Crippen LogP contribution in [0.15, 0.2) is 82.2 Å². The van der Waals surface area contributed by atoms with E-state index in [1.165, 1.54) is 16.7 Å². The summed E-state index contributed by atoms with van der Waals surface area (Å²) in [6.07, 6.45) is 0.437. The van der Waals surface area contributed by atoms with Crippen LogP contribution in [0.25, 0.3) is 0 Å². The smallest absolute Gasteiger partial charge is 0.283 e. The molecule has 0 radical (unpaired) electrons. The predicted molar refractivity (Wildman–Crippen MR) is 152 cm³/mol. The first-order valence-electron chi connectivity index (χ1n) is 12.4. The highest BCUT2D eigenvalue weighted by molar-refractivity contribution is 8.04. The summed E-state index contributed by atoms with van der Waals surface area (Å²) in [5, 5.41) is 6.07. The molecule has 0 fully saturated rings. The number of nitrogens with one attached hydrogen (secondary N) is 2. The maximum Gasteiger partial charge on any atom is 0.283 e. The fraction of sp³-hybridized carbons (Fsp3) is 0.233. The molecule has 38 heavy (non-hydrogen) atoms. The average molecular weight is 530 g/mol. The summed E-state index contributed by atoms with van der Waals surface area (Å²) in [6, 6.07) is 20.1. The van der Waals surface area contributed by atoms with Crippen LogP contribution in [-0.2, 0) is 14.4 Å². The van der Waals surface area contributed by atoms with E-state index in [0.29, 0.717) is 29.2 Å². The van der Waals surface area contributed by atoms with Crippen LogP contribution in [0.3, 0.4) is 0 Å². The summed E-state index contributed by atoms with van der Waals surface area (Å²) in [6.45, 7) is 7.87. The van der Waals surface area contributed by atoms with Crippen LogP contribution in [0.4, 0.5) is 17.1 Å². The number of methoxy groups -OCH3 is 1. The van der Waals surface area contributed by atoms with Crippen molar-refractivity contribution in [3.05, 3.63) is 88.5 Å². The number of ether oxygens (including phenoxy) is 1. The lowest BCUT2D eigenvalue weighted by molar-refractivity contribution is -0.120. The standard InChI is InChI=1S/C30H31N3O4S/c1-18(2)16-26(34)31-21-9-13-23(14-10-21)38-28-27(32-24-17-20(4)8-15-25(24)37-5)29(35)33(30(28)36)22-11-6-19(3)7-12-22/h6-15,17-18,32H,16H2,1-5H3,(H,31,34). The number of rotatable bonds is 9. The molecular weight excluding hydrogens is 498 g/mol. The fourth-order valence-corrected chi connectivity index (χ4v) is 4.93. The van der Waals surface area contributed by atoms with Crippen molar-refractivity contribution in [3.8, 4) is 5.75 Å². The van der Waals surface area contributed by atoms with Crippen molar-refractivity contribution >= 4 is 46.5 Å². The van der Waals surface area contributed by atoms with Gasteiger partial charge in [-0.05, 0) is 73.9 Å². The Hall–Kier alpha value is -4.04. The van der Waals surface area contributed by atoms with Crippen molar-refractivity contribution in [1.29, 1.82) is 0 Å². The first kappa shape index (κ1) is 27.0. The highest BCUT2D eigenvalue weighted by atomic mass is 32.2. The number of thioether (sulfide) groups is 1. The highest BCUT2D eigenvalue weighted by Gasteiger charge is 2.40. The maximum atomic E-state index is 13.6. The lowest BCUT2D eigenvalue weighted by Gasteiger charge is -2.16. The number of hydrogen-bond acceptors (Lipinski definition) is 6. The molecule has 8 heteroatoms. The lowest BCUT2D eigenvalue weighted by Crippen LogP contribution is -2.32. The molecule has 0 saturated heterocycles. The molecule has 3 amide bonds. The van der Waals surface area contributed by atoms with Crippen molar-refractivity contribution in [2.24, 2.45) is 5.92 Å². The second kappa shape index (κ2) is 11.6. The molecule has 0 atom stereocenters. The Bertz CT molecular complexity index is 1400. The third-order valence-corrected chi connectivity index (χ3v) is 6.99. The van der Waals surface area contributed by atoms with Gasteiger partial charge in [0.15, 0.2) is 0 Å². The number of imide groups is 1. The van der Waals surface area contributed by atoms with E-state index in [9.17, 15) is 14.4 Å². The molecular formula is C30H31N3O4S. The summed E-state index contributed by atoms with van der Waals surface area (Å²) < 4.78 is 5.48. The van der Waals surface area contributed by atoms with Crippen LogP contribution in [-0.4, -0.2) is 24.8 Å². The van der Waals surface area contributed by atoms with Gasteiger partial charge in [-0.1, -0.05) is 49.4 Å². The van der Waals surface area contributed by atoms with Crippen LogP contribution in [0, 0.1) is 19.8 Å². The van der Waals surface area contributed by atoms with Crippen molar-refractivity contribution in [1.82, 2.24) is 0 Å². The number of anilines is 3. The van der Waals surface area contributed by atoms with Crippen LogP contribution in [0.2, 0.25) is 0 Å². The molecule has 1 aliphatic rings. The van der Waals surface area contributed by atoms with Gasteiger partial charge in [0, 0.05) is 17.0 Å². The minimum atomic E-state index is -0.442. The Morgan fingerprint density at radius 2 is 1.58 bits per heavy atom. The summed E-state index contributed by atoms with van der Waals surface area (Å²) >= 11 is 1.20. The molecule has 4 rings (SSSR count). The van der Waals surface area contributed by atoms with E-state index in [1.807, 2.05) is 70.2 Å². The second-order valence-corrected chi connectivity index (χ2v) is 10.7. The molecule has 2 N–H and O–H groups in total. The van der Waals surface area contributed by atoms with Gasteiger partial charge in [0.1, 0.15) is 16.4 Å². The maximum absolute atomic E-state index is 13.6. The predicted octanol–water partition coefficient (Wildman–Crippen LogP) is 6.29. The van der Waals surface area contributed by atoms with E-state index in [-0.39, 0.29) is 22.4 Å². The zero-order valence-corrected chi connectivity index (χ0v) is 22.9. The number of amides is 3. The van der Waals surface area contributed by atoms with Gasteiger partial charge in [0.25, 0.3) is 11.8 Å². The third kappa shape index (κ3) is 6.08. The van der Waals surface area contributed by atoms with E-state index >= 15 is 0 Å². The second-order valence-electron chi connectivity index (χ2n) is 9.59. The van der Waals surface area contributed by atoms with Gasteiger partial charge in [0.05, 0.1) is 18.5 Å². The molecule has 1 heterocycles. The van der Waals surface area contributed by atoms with Crippen molar-refractivity contribution in [3.63, 3.8) is 0 Å². The topological polar surface area (TPSA) is 87.7 Å². The first-order valence-corrected chi connectivity index (χ1v) is 13.2. The highest BCUT2D eigenvalue weighted by Crippen LogP contribution is 2.39. The van der Waals surface area contributed by atoms with Crippen LogP contribution >= 0.6 is 11.8 Å². The number of benzene rings is 3. The Morgan fingerprint density at radius 3 is 2.21 bits per heavy atom. The summed E-state index contributed by atoms with van der Waals surface area (Å²) in [5.74, 6) is -0.0816. The van der Waals surface area contributed by atoms with Crippen LogP contribution in [0.5, 0.6) is 5.75 Å². The van der Waals surface area contributed by atoms with Gasteiger partial charge in [0.2, 0.25) is 5.91 Å². The van der Waals surface area contributed by atoms with Gasteiger partial charge < -0.3 is 15.4 Å². The number of aryl methyl sites for hydroxylation is 2. The Morgan fingerprint density at radius 1 is 0.921 bits per heavy atom. The molecule has 0 aromatic heterocycles. The largest absolute Gasteiger partial charge is 0.495 e. The molecule has 0 saturated carbocycles. The monoisotopic (exact) mass is 529 g/mol. The normalized spacial score (nSPS) is 13.4. The number of carbonyl (C=O) groups excluding carboxylic acids is 3. The van der Waals surface area contributed by atoms with Crippen molar-refractivity contribution in [2.45, 2.75) is 39.0 Å². The van der Waals surface area contributed by atoms with E-state index < -0.39 is 11.8 Å². The molecule has 0 unspecified atom stereocenters. The van der Waals surface area contributed by atoms with E-state index in [4.69, 9.17) is 4.74 Å². The van der Waals surface area contributed by atoms with Crippen molar-refractivity contribution in [2.75, 3.05) is 22.6 Å². The van der Waals surface area contributed by atoms with E-state index in [0.717, 1.165) is 16.0 Å². The van der Waals surface area contributed by atoms with Gasteiger partial charge >= 0.3 is 0 Å². The van der Waals surface area contributed by atoms with Crippen LogP contribution in [0.1, 0.15) is 31.4 Å². The molecule has 0 aliphatic carbocycles. The fourth-order valence-electron chi connectivity index (χ4n) is 4.00. The van der Waals surface area contributed by atoms with E-state index in [1.54, 1.807) is 31.4 Å². The minimum absolute atomic E-state index is 0.0491. The average Bonchev–Trinajstić information content (AvgIpc) is 3.09. The summed E-state index contributed by atoms with van der Waals surface area (Å²) in [5.41, 5.74) is 3.95. The summed E-state index contributed by atoms with van der Waals surface area (Å²) in [4.78, 5) is 41.6. The Labute approximate surface area is 227 Å². The molecule has 3 aromatic rings. The van der Waals surface area contributed by atoms with Gasteiger partial charge in [-0.2, -0.15) is 0 Å². The SMILES string of the molecule is COc1ccc(C)cc1NC1=C(Sc2ccc(NC(=O)CC(C)C)cc2)C(=O)N(c2ccc(C)cc2)C1=O. The number of carbonyl (C=O) groups is 3. The van der Waals surface area contributed by atoms with Gasteiger partial charge in [-0.25, -0.2) is 4.90 Å². The molecule has 7 nitrogen and oxygen atoms in total. The Balaban J connectivity index is 1.67. The van der Waals surface area contributed by atoms with Crippen LogP contribution < -0.4 is 20.3 Å². The first-order chi connectivity index (χ1) is 18.2. The molecule has 0 spiro atoms. The molecule has 3 aromatic carbocycles. The van der Waals surface area contributed by atoms with Gasteiger partial charge in [-0.3, -0.25) is 14.4 Å². The Kier molecular flexibility index (Phi) is 8.22. The zero-order chi connectivity index (χ0) is 27.4. The third-order valence-electron chi connectivity index (χ3n) is 5.90. The molecule has 1 aliphatic heterocycles. The van der Waals surface area contributed by atoms with E-state index in [2.05, 4.69) is 10.6 Å². The summed E-state index contributed by atoms with van der Waals surface area (Å²) in [7, 11) is 1.56. The number of hydrogen-bond donors (Lipinski definition) is 2. The van der Waals surface area contributed by atoms with Crippen molar-refractivity contribution < 1.29 is 19.1 Å². The molecule has 196 valence electrons. The molecule has 0 bridgehead atoms. The lowest BCUT2D eigenvalue weighted by atomic mass is 10.1. The number of nitrogens with zero attached hydrogens (tertiary/aromatic N) is 1.